The molecule has 0 radical (unpaired) electrons. The van der Waals surface area contributed by atoms with Gasteiger partial charge in [0.25, 0.3) is 0 Å². The molecule has 1 aliphatic carbocycles. The predicted molar refractivity (Wildman–Crippen MR) is 76.7 cm³/mol. The van der Waals surface area contributed by atoms with E-state index in [9.17, 15) is 4.79 Å². The SMILES string of the molecule is CC(C)CC(C)N(C)C(=O)NCCC1CCCC1. The standard InChI is InChI=1S/C15H30N2O/c1-12(2)11-13(3)17(4)15(18)16-10-9-14-7-5-6-8-14/h12-14H,5-11H2,1-4H3,(H,16,18). The maximum Gasteiger partial charge on any atom is 0.317 e. The second-order valence-electron chi connectivity index (χ2n) is 6.26. The fraction of sp³-hybridized carbons (Fsp3) is 0.933. The fourth-order valence-electron chi connectivity index (χ4n) is 2.85. The van der Waals surface area contributed by atoms with Crippen molar-refractivity contribution < 1.29 is 4.79 Å². The molecule has 1 aliphatic rings. The molecule has 3 heteroatoms. The van der Waals surface area contributed by atoms with E-state index in [0.29, 0.717) is 12.0 Å². The lowest BCUT2D eigenvalue weighted by molar-refractivity contribution is 0.186. The summed E-state index contributed by atoms with van der Waals surface area (Å²) in [5.74, 6) is 1.48. The molecule has 2 amide bonds. The zero-order chi connectivity index (χ0) is 13.5. The van der Waals surface area contributed by atoms with Gasteiger partial charge in [-0.1, -0.05) is 39.5 Å². The Labute approximate surface area is 112 Å². The summed E-state index contributed by atoms with van der Waals surface area (Å²) in [7, 11) is 1.90. The largest absolute Gasteiger partial charge is 0.338 e. The third-order valence-electron chi connectivity index (χ3n) is 4.10. The van der Waals surface area contributed by atoms with Gasteiger partial charge in [0.05, 0.1) is 0 Å². The minimum absolute atomic E-state index is 0.0844. The molecular formula is C15H30N2O. The van der Waals surface area contributed by atoms with Crippen molar-refractivity contribution in [1.29, 1.82) is 0 Å². The molecule has 0 bridgehead atoms. The number of hydrogen-bond acceptors (Lipinski definition) is 1. The van der Waals surface area contributed by atoms with Crippen LogP contribution in [-0.4, -0.2) is 30.6 Å². The van der Waals surface area contributed by atoms with Crippen molar-refractivity contribution in [2.45, 2.75) is 65.3 Å². The van der Waals surface area contributed by atoms with E-state index < -0.39 is 0 Å². The summed E-state index contributed by atoms with van der Waals surface area (Å²) in [6, 6.07) is 0.401. The second kappa shape index (κ2) is 7.65. The number of hydrogen-bond donors (Lipinski definition) is 1. The van der Waals surface area contributed by atoms with Crippen molar-refractivity contribution in [2.75, 3.05) is 13.6 Å². The lowest BCUT2D eigenvalue weighted by atomic mass is 10.0. The second-order valence-corrected chi connectivity index (χ2v) is 6.26. The Bertz CT molecular complexity index is 247. The Kier molecular flexibility index (Phi) is 6.51. The predicted octanol–water partition coefficient (Wildman–Crippen LogP) is 3.64. The van der Waals surface area contributed by atoms with Gasteiger partial charge in [-0.15, -0.1) is 0 Å². The van der Waals surface area contributed by atoms with Crippen molar-refractivity contribution in [1.82, 2.24) is 10.2 Å². The molecule has 1 rings (SSSR count). The van der Waals surface area contributed by atoms with Crippen molar-refractivity contribution >= 4 is 6.03 Å². The van der Waals surface area contributed by atoms with Gasteiger partial charge in [0.1, 0.15) is 0 Å². The van der Waals surface area contributed by atoms with E-state index in [1.807, 2.05) is 11.9 Å². The first-order chi connectivity index (χ1) is 8.50. The first kappa shape index (κ1) is 15.3. The third kappa shape index (κ3) is 5.28. The Morgan fingerprint density at radius 1 is 1.28 bits per heavy atom. The number of carbonyl (C=O) groups excluding carboxylic acids is 1. The number of nitrogens with zero attached hydrogens (tertiary/aromatic N) is 1. The number of rotatable bonds is 6. The molecule has 18 heavy (non-hydrogen) atoms. The fourth-order valence-corrected chi connectivity index (χ4v) is 2.85. The summed E-state index contributed by atoms with van der Waals surface area (Å²) >= 11 is 0. The summed E-state index contributed by atoms with van der Waals surface area (Å²) in [6.45, 7) is 7.35. The highest BCUT2D eigenvalue weighted by Crippen LogP contribution is 2.26. The summed E-state index contributed by atoms with van der Waals surface area (Å²) in [4.78, 5) is 13.8. The lowest BCUT2D eigenvalue weighted by Gasteiger charge is -2.26. The van der Waals surface area contributed by atoms with Crippen LogP contribution in [-0.2, 0) is 0 Å². The number of nitrogens with one attached hydrogen (secondary N) is 1. The van der Waals surface area contributed by atoms with Crippen LogP contribution >= 0.6 is 0 Å². The average Bonchev–Trinajstić information content (AvgIpc) is 2.79. The monoisotopic (exact) mass is 254 g/mol. The van der Waals surface area contributed by atoms with Crippen LogP contribution in [0.15, 0.2) is 0 Å². The molecule has 0 heterocycles. The Morgan fingerprint density at radius 2 is 1.89 bits per heavy atom. The third-order valence-corrected chi connectivity index (χ3v) is 4.10. The van der Waals surface area contributed by atoms with Gasteiger partial charge in [0.2, 0.25) is 0 Å². The van der Waals surface area contributed by atoms with Gasteiger partial charge in [-0.05, 0) is 31.6 Å². The molecule has 0 aromatic heterocycles. The number of urea groups is 1. The van der Waals surface area contributed by atoms with Crippen LogP contribution in [0.25, 0.3) is 0 Å². The molecule has 1 fully saturated rings. The average molecular weight is 254 g/mol. The zero-order valence-electron chi connectivity index (χ0n) is 12.5. The van der Waals surface area contributed by atoms with Crippen LogP contribution in [0.4, 0.5) is 4.79 Å². The van der Waals surface area contributed by atoms with Crippen LogP contribution in [0.5, 0.6) is 0 Å². The molecule has 3 nitrogen and oxygen atoms in total. The summed E-state index contributed by atoms with van der Waals surface area (Å²) < 4.78 is 0. The highest BCUT2D eigenvalue weighted by atomic mass is 16.2. The summed E-state index contributed by atoms with van der Waals surface area (Å²) in [5.41, 5.74) is 0. The maximum absolute atomic E-state index is 12.0. The van der Waals surface area contributed by atoms with Crippen LogP contribution in [0, 0.1) is 11.8 Å². The molecule has 0 aromatic carbocycles. The smallest absolute Gasteiger partial charge is 0.317 e. The van der Waals surface area contributed by atoms with Gasteiger partial charge < -0.3 is 10.2 Å². The lowest BCUT2D eigenvalue weighted by Crippen LogP contribution is -2.43. The first-order valence-corrected chi connectivity index (χ1v) is 7.51. The molecule has 1 saturated carbocycles. The van der Waals surface area contributed by atoms with Gasteiger partial charge in [-0.3, -0.25) is 0 Å². The topological polar surface area (TPSA) is 32.3 Å². The van der Waals surface area contributed by atoms with Gasteiger partial charge in [-0.2, -0.15) is 0 Å². The van der Waals surface area contributed by atoms with Crippen LogP contribution in [0.1, 0.15) is 59.3 Å². The molecule has 0 aliphatic heterocycles. The van der Waals surface area contributed by atoms with Gasteiger partial charge >= 0.3 is 6.03 Å². The van der Waals surface area contributed by atoms with Gasteiger partial charge in [0.15, 0.2) is 0 Å². The van der Waals surface area contributed by atoms with Crippen LogP contribution in [0.3, 0.4) is 0 Å². The number of amides is 2. The van der Waals surface area contributed by atoms with Crippen molar-refractivity contribution in [3.05, 3.63) is 0 Å². The van der Waals surface area contributed by atoms with E-state index in [1.165, 1.54) is 25.7 Å². The van der Waals surface area contributed by atoms with E-state index in [-0.39, 0.29) is 6.03 Å². The maximum atomic E-state index is 12.0. The van der Waals surface area contributed by atoms with Crippen molar-refractivity contribution in [3.63, 3.8) is 0 Å². The van der Waals surface area contributed by atoms with E-state index in [4.69, 9.17) is 0 Å². The van der Waals surface area contributed by atoms with E-state index in [2.05, 4.69) is 26.1 Å². The van der Waals surface area contributed by atoms with E-state index in [1.54, 1.807) is 0 Å². The van der Waals surface area contributed by atoms with Crippen molar-refractivity contribution in [3.8, 4) is 0 Å². The quantitative estimate of drug-likeness (QED) is 0.771. The molecule has 1 unspecified atom stereocenters. The number of carbonyl (C=O) groups is 1. The summed E-state index contributed by atoms with van der Waals surface area (Å²) in [5, 5.41) is 3.05. The zero-order valence-corrected chi connectivity index (χ0v) is 12.5. The Balaban J connectivity index is 2.18. The molecular weight excluding hydrogens is 224 g/mol. The molecule has 1 atom stereocenters. The minimum atomic E-state index is 0.0844. The van der Waals surface area contributed by atoms with E-state index in [0.717, 1.165) is 25.3 Å². The Hall–Kier alpha value is -0.730. The highest BCUT2D eigenvalue weighted by Gasteiger charge is 2.18. The molecule has 1 N–H and O–H groups in total. The molecule has 0 spiro atoms. The van der Waals surface area contributed by atoms with Gasteiger partial charge in [0, 0.05) is 19.6 Å². The molecule has 106 valence electrons. The normalized spacial score (nSPS) is 18.1. The highest BCUT2D eigenvalue weighted by molar-refractivity contribution is 5.74. The Morgan fingerprint density at radius 3 is 2.44 bits per heavy atom. The minimum Gasteiger partial charge on any atom is -0.338 e. The van der Waals surface area contributed by atoms with Crippen LogP contribution < -0.4 is 5.32 Å². The van der Waals surface area contributed by atoms with Gasteiger partial charge in [-0.25, -0.2) is 4.79 Å². The van der Waals surface area contributed by atoms with E-state index >= 15 is 0 Å². The molecule has 0 saturated heterocycles. The summed E-state index contributed by atoms with van der Waals surface area (Å²) in [6.07, 6.45) is 7.68. The van der Waals surface area contributed by atoms with Crippen LogP contribution in [0.2, 0.25) is 0 Å². The first-order valence-electron chi connectivity index (χ1n) is 7.51. The molecule has 0 aromatic rings. The van der Waals surface area contributed by atoms with Crippen molar-refractivity contribution in [2.24, 2.45) is 11.8 Å².